The van der Waals surface area contributed by atoms with E-state index in [1.165, 1.54) is 12.1 Å². The van der Waals surface area contributed by atoms with E-state index in [1.807, 2.05) is 0 Å². The van der Waals surface area contributed by atoms with Gasteiger partial charge in [0.1, 0.15) is 0 Å². The maximum absolute atomic E-state index is 13.3. The molecule has 2 aromatic rings. The third-order valence-corrected chi connectivity index (χ3v) is 7.58. The molecule has 0 aliphatic heterocycles. The molecule has 0 atom stereocenters. The van der Waals surface area contributed by atoms with E-state index in [-0.39, 0.29) is 11.4 Å². The molecule has 0 unspecified atom stereocenters. The number of anilines is 1. The van der Waals surface area contributed by atoms with Crippen LogP contribution < -0.4 is 5.32 Å². The van der Waals surface area contributed by atoms with E-state index in [9.17, 15) is 26.3 Å². The highest BCUT2D eigenvalue weighted by atomic mass is 32.2. The second kappa shape index (κ2) is 8.82. The second-order valence-corrected chi connectivity index (χ2v) is 11.4. The summed E-state index contributed by atoms with van der Waals surface area (Å²) >= 11 is 0. The zero-order chi connectivity index (χ0) is 25.4. The van der Waals surface area contributed by atoms with Crippen molar-refractivity contribution in [1.82, 2.24) is 0 Å². The molecule has 2 aromatic carbocycles. The van der Waals surface area contributed by atoms with Crippen LogP contribution in [0.25, 0.3) is 0 Å². The van der Waals surface area contributed by atoms with Crippen molar-refractivity contribution in [2.75, 3.05) is 11.1 Å². The van der Waals surface area contributed by atoms with Crippen molar-refractivity contribution >= 4 is 26.6 Å². The lowest BCUT2D eigenvalue weighted by Crippen LogP contribution is -2.24. The van der Waals surface area contributed by atoms with Crippen molar-refractivity contribution in [3.63, 3.8) is 0 Å². The van der Waals surface area contributed by atoms with E-state index >= 15 is 0 Å². The first-order valence-electron chi connectivity index (χ1n) is 9.60. The van der Waals surface area contributed by atoms with Crippen molar-refractivity contribution in [1.29, 1.82) is 5.26 Å². The molecule has 2 nitrogen and oxygen atoms in total. The minimum atomic E-state index is -4.71. The van der Waals surface area contributed by atoms with Crippen LogP contribution in [0.3, 0.4) is 0 Å². The minimum Gasteiger partial charge on any atom is -0.359 e. The summed E-state index contributed by atoms with van der Waals surface area (Å²) < 4.78 is 79.5. The zero-order valence-electron chi connectivity index (χ0n) is 18.4. The van der Waals surface area contributed by atoms with Gasteiger partial charge in [0.2, 0.25) is 0 Å². The van der Waals surface area contributed by atoms with Gasteiger partial charge in [-0.05, 0) is 59.5 Å². The standard InChI is InChI=1S/C24H24F6N2S/c1-15-9-18(23(25,26)27)11-20(10-15)33(5,6)14-22(3,4)16(2)32-19-8-7-17(13-31)21(12-19)24(28,29)30/h7-12,32H,2,5-6,14H2,1,3-4H3. The third-order valence-electron chi connectivity index (χ3n) is 5.07. The van der Waals surface area contributed by atoms with Crippen molar-refractivity contribution in [2.24, 2.45) is 5.41 Å². The molecule has 0 spiro atoms. The number of rotatable bonds is 6. The summed E-state index contributed by atoms with van der Waals surface area (Å²) in [7, 11) is -2.23. The van der Waals surface area contributed by atoms with Crippen LogP contribution in [0.4, 0.5) is 32.0 Å². The second-order valence-electron chi connectivity index (χ2n) is 8.58. The molecule has 0 saturated heterocycles. The first-order chi connectivity index (χ1) is 14.9. The number of hydrogen-bond donors (Lipinski definition) is 1. The van der Waals surface area contributed by atoms with Crippen LogP contribution in [-0.4, -0.2) is 17.5 Å². The predicted octanol–water partition coefficient (Wildman–Crippen LogP) is 7.58. The van der Waals surface area contributed by atoms with Gasteiger partial charge in [-0.25, -0.2) is 0 Å². The molecule has 0 bridgehead atoms. The van der Waals surface area contributed by atoms with Gasteiger partial charge in [0.25, 0.3) is 0 Å². The molecule has 0 saturated carbocycles. The SMILES string of the molecule is C=C(Nc1ccc(C#N)c(C(F)(F)F)c1)C(C)(C)CS(=C)(=C)c1cc(C)cc(C(F)(F)F)c1. The Balaban J connectivity index is 2.33. The predicted molar refractivity (Wildman–Crippen MR) is 124 cm³/mol. The summed E-state index contributed by atoms with van der Waals surface area (Å²) in [6.45, 7) is 9.01. The number of nitrogens with zero attached hydrogens (tertiary/aromatic N) is 1. The van der Waals surface area contributed by atoms with Crippen LogP contribution >= 0.6 is 9.21 Å². The van der Waals surface area contributed by atoms with E-state index in [2.05, 4.69) is 23.6 Å². The van der Waals surface area contributed by atoms with Crippen molar-refractivity contribution in [2.45, 2.75) is 38.0 Å². The number of allylic oxidation sites excluding steroid dienone is 1. The normalized spacial score (nSPS) is 12.8. The summed E-state index contributed by atoms with van der Waals surface area (Å²) in [4.78, 5) is 0.369. The number of nitrogens with one attached hydrogen (secondary N) is 1. The minimum absolute atomic E-state index is 0.0861. The fraction of sp³-hybridized carbons (Fsp3) is 0.292. The number of halogens is 6. The maximum atomic E-state index is 13.3. The van der Waals surface area contributed by atoms with Crippen LogP contribution in [0.1, 0.15) is 36.1 Å². The summed E-state index contributed by atoms with van der Waals surface area (Å²) in [5.41, 5.74) is -2.29. The fourth-order valence-electron chi connectivity index (χ4n) is 3.32. The molecule has 2 rings (SSSR count). The highest BCUT2D eigenvalue weighted by molar-refractivity contribution is 8.27. The number of aryl methyl sites for hydroxylation is 1. The Morgan fingerprint density at radius 3 is 2.12 bits per heavy atom. The van der Waals surface area contributed by atoms with Crippen LogP contribution in [-0.2, 0) is 12.4 Å². The van der Waals surface area contributed by atoms with Gasteiger partial charge in [0.05, 0.1) is 22.8 Å². The molecule has 0 aliphatic rings. The van der Waals surface area contributed by atoms with Crippen LogP contribution in [0.15, 0.2) is 53.6 Å². The van der Waals surface area contributed by atoms with Gasteiger partial charge in [-0.1, -0.05) is 32.2 Å². The fourth-order valence-corrected chi connectivity index (χ4v) is 5.86. The number of hydrogen-bond acceptors (Lipinski definition) is 2. The van der Waals surface area contributed by atoms with E-state index in [4.69, 9.17) is 5.26 Å². The van der Waals surface area contributed by atoms with Gasteiger partial charge in [-0.3, -0.25) is 0 Å². The molecule has 0 aromatic heterocycles. The Labute approximate surface area is 190 Å². The van der Waals surface area contributed by atoms with E-state index in [0.717, 1.165) is 24.3 Å². The summed E-state index contributed by atoms with van der Waals surface area (Å²) in [5.74, 6) is 8.43. The van der Waals surface area contributed by atoms with Gasteiger partial charge in [0, 0.05) is 16.8 Å². The molecule has 0 amide bonds. The highest BCUT2D eigenvalue weighted by Crippen LogP contribution is 2.44. The van der Waals surface area contributed by atoms with Crippen LogP contribution in [0.2, 0.25) is 0 Å². The van der Waals surface area contributed by atoms with Gasteiger partial charge in [-0.15, -0.1) is 0 Å². The number of nitriles is 1. The summed E-state index contributed by atoms with van der Waals surface area (Å²) in [6, 6.07) is 8.45. The summed E-state index contributed by atoms with van der Waals surface area (Å²) in [5, 5.41) is 11.8. The Hall–Kier alpha value is -2.86. The molecule has 0 heterocycles. The molecule has 1 N–H and O–H groups in total. The van der Waals surface area contributed by atoms with Gasteiger partial charge >= 0.3 is 12.4 Å². The lowest BCUT2D eigenvalue weighted by molar-refractivity contribution is -0.138. The molecule has 9 heteroatoms. The molecule has 0 radical (unpaired) electrons. The Bertz CT molecular complexity index is 1210. The van der Waals surface area contributed by atoms with Crippen molar-refractivity contribution in [3.05, 3.63) is 70.9 Å². The Morgan fingerprint density at radius 1 is 1.00 bits per heavy atom. The smallest absolute Gasteiger partial charge is 0.359 e. The van der Waals surface area contributed by atoms with E-state index in [1.54, 1.807) is 26.8 Å². The summed E-state index contributed by atoms with van der Waals surface area (Å²) in [6.07, 6.45) is -9.22. The lowest BCUT2D eigenvalue weighted by atomic mass is 9.92. The first kappa shape index (κ1) is 26.4. The Kier molecular flexibility index (Phi) is 7.06. The molecule has 178 valence electrons. The van der Waals surface area contributed by atoms with E-state index in [0.29, 0.717) is 16.2 Å². The molecule has 33 heavy (non-hydrogen) atoms. The zero-order valence-corrected chi connectivity index (χ0v) is 19.2. The quantitative estimate of drug-likeness (QED) is 0.337. The van der Waals surface area contributed by atoms with Gasteiger partial charge in [-0.2, -0.15) is 40.8 Å². The van der Waals surface area contributed by atoms with Crippen LogP contribution in [0, 0.1) is 23.7 Å². The lowest BCUT2D eigenvalue weighted by Gasteiger charge is -2.32. The monoisotopic (exact) mass is 486 g/mol. The average Bonchev–Trinajstić information content (AvgIpc) is 2.65. The Morgan fingerprint density at radius 2 is 1.61 bits per heavy atom. The van der Waals surface area contributed by atoms with Gasteiger partial charge < -0.3 is 5.32 Å². The topological polar surface area (TPSA) is 35.8 Å². The molecular formula is C24H24F6N2S. The van der Waals surface area contributed by atoms with Crippen molar-refractivity contribution < 1.29 is 26.3 Å². The third kappa shape index (κ3) is 6.35. The molecule has 0 aliphatic carbocycles. The average molecular weight is 487 g/mol. The largest absolute Gasteiger partial charge is 0.417 e. The van der Waals surface area contributed by atoms with Gasteiger partial charge in [0.15, 0.2) is 0 Å². The first-order valence-corrected chi connectivity index (χ1v) is 11.7. The number of alkyl halides is 6. The maximum Gasteiger partial charge on any atom is 0.417 e. The highest BCUT2D eigenvalue weighted by Gasteiger charge is 2.35. The van der Waals surface area contributed by atoms with E-state index < -0.39 is 43.7 Å². The molecular weight excluding hydrogens is 462 g/mol. The van der Waals surface area contributed by atoms with Crippen molar-refractivity contribution in [3.8, 4) is 6.07 Å². The number of benzene rings is 2. The molecule has 0 fully saturated rings. The van der Waals surface area contributed by atoms with Crippen LogP contribution in [0.5, 0.6) is 0 Å².